The maximum atomic E-state index is 12.5. The summed E-state index contributed by atoms with van der Waals surface area (Å²) in [6, 6.07) is 0. The number of esters is 1. The molecular formula is C16H26O2. The van der Waals surface area contributed by atoms with E-state index in [1.165, 1.54) is 32.1 Å². The highest BCUT2D eigenvalue weighted by atomic mass is 16.6. The third-order valence-corrected chi connectivity index (χ3v) is 6.08. The smallest absolute Gasteiger partial charge is 0.310 e. The molecule has 2 heteroatoms. The molecule has 4 unspecified atom stereocenters. The molecule has 102 valence electrons. The van der Waals surface area contributed by atoms with E-state index in [0.717, 1.165) is 25.2 Å². The van der Waals surface area contributed by atoms with Gasteiger partial charge < -0.3 is 4.74 Å². The second-order valence-electron chi connectivity index (χ2n) is 6.88. The average Bonchev–Trinajstić information content (AvgIpc) is 3.04. The molecule has 3 aliphatic carbocycles. The number of fused-ring (bicyclic) bond motifs is 2. The molecule has 3 rings (SSSR count). The number of hydrogen-bond acceptors (Lipinski definition) is 2. The lowest BCUT2D eigenvalue weighted by molar-refractivity contribution is -0.168. The van der Waals surface area contributed by atoms with Crippen molar-refractivity contribution in [3.05, 3.63) is 0 Å². The molecule has 2 bridgehead atoms. The monoisotopic (exact) mass is 250 g/mol. The fourth-order valence-electron chi connectivity index (χ4n) is 4.81. The van der Waals surface area contributed by atoms with E-state index in [1.807, 2.05) is 0 Å². The molecule has 3 fully saturated rings. The molecule has 0 radical (unpaired) electrons. The van der Waals surface area contributed by atoms with Crippen molar-refractivity contribution in [2.75, 3.05) is 0 Å². The first-order chi connectivity index (χ1) is 8.65. The summed E-state index contributed by atoms with van der Waals surface area (Å²) in [5, 5.41) is 0. The van der Waals surface area contributed by atoms with Gasteiger partial charge in [-0.25, -0.2) is 0 Å². The van der Waals surface area contributed by atoms with Crippen molar-refractivity contribution in [3.63, 3.8) is 0 Å². The van der Waals surface area contributed by atoms with Crippen LogP contribution in [-0.2, 0) is 9.53 Å². The Kier molecular flexibility index (Phi) is 3.15. The Morgan fingerprint density at radius 1 is 1.22 bits per heavy atom. The summed E-state index contributed by atoms with van der Waals surface area (Å²) in [5.74, 6) is 2.35. The molecule has 0 aromatic heterocycles. The molecule has 0 aromatic rings. The molecule has 0 N–H and O–H groups in total. The van der Waals surface area contributed by atoms with Crippen molar-refractivity contribution in [1.82, 2.24) is 0 Å². The van der Waals surface area contributed by atoms with E-state index in [1.54, 1.807) is 0 Å². The second-order valence-corrected chi connectivity index (χ2v) is 6.88. The Hall–Kier alpha value is -0.530. The first kappa shape index (κ1) is 12.5. The van der Waals surface area contributed by atoms with Gasteiger partial charge in [0.1, 0.15) is 5.60 Å². The Morgan fingerprint density at radius 2 is 1.89 bits per heavy atom. The van der Waals surface area contributed by atoms with Gasteiger partial charge >= 0.3 is 5.97 Å². The normalized spacial score (nSPS) is 41.2. The van der Waals surface area contributed by atoms with Gasteiger partial charge in [-0.05, 0) is 69.1 Å². The van der Waals surface area contributed by atoms with Crippen LogP contribution in [0.1, 0.15) is 65.2 Å². The molecule has 18 heavy (non-hydrogen) atoms. The summed E-state index contributed by atoms with van der Waals surface area (Å²) < 4.78 is 6.02. The molecule has 0 saturated heterocycles. The number of carbonyl (C=O) groups excluding carboxylic acids is 1. The first-order valence-electron chi connectivity index (χ1n) is 7.88. The molecule has 0 aliphatic heterocycles. The molecule has 0 aromatic carbocycles. The lowest BCUT2D eigenvalue weighted by Crippen LogP contribution is -2.37. The zero-order valence-corrected chi connectivity index (χ0v) is 11.8. The average molecular weight is 250 g/mol. The van der Waals surface area contributed by atoms with E-state index in [0.29, 0.717) is 11.8 Å². The highest BCUT2D eigenvalue weighted by Gasteiger charge is 2.50. The summed E-state index contributed by atoms with van der Waals surface area (Å²) in [6.07, 6.45) is 9.51. The van der Waals surface area contributed by atoms with Crippen molar-refractivity contribution in [2.24, 2.45) is 23.7 Å². The van der Waals surface area contributed by atoms with Crippen molar-refractivity contribution in [3.8, 4) is 0 Å². The largest absolute Gasteiger partial charge is 0.459 e. The van der Waals surface area contributed by atoms with Gasteiger partial charge in [-0.2, -0.15) is 0 Å². The zero-order chi connectivity index (χ0) is 12.8. The molecular weight excluding hydrogens is 224 g/mol. The first-order valence-corrected chi connectivity index (χ1v) is 7.88. The van der Waals surface area contributed by atoms with Crippen LogP contribution in [-0.4, -0.2) is 11.6 Å². The third-order valence-electron chi connectivity index (χ3n) is 6.08. The predicted octanol–water partition coefficient (Wildman–Crippen LogP) is 3.93. The number of hydrogen-bond donors (Lipinski definition) is 0. The number of ether oxygens (including phenoxy) is 1. The van der Waals surface area contributed by atoms with Crippen LogP contribution in [0.2, 0.25) is 0 Å². The van der Waals surface area contributed by atoms with Crippen LogP contribution in [0, 0.1) is 23.7 Å². The standard InChI is InChI=1S/C16H26O2/c1-3-16(8-4-5-9-16)18-15(17)14-11(2)12-6-7-13(14)10-12/h11-14H,3-10H2,1-2H3. The summed E-state index contributed by atoms with van der Waals surface area (Å²) in [6.45, 7) is 4.44. The van der Waals surface area contributed by atoms with Gasteiger partial charge in [0.25, 0.3) is 0 Å². The fraction of sp³-hybridized carbons (Fsp3) is 0.938. The summed E-state index contributed by atoms with van der Waals surface area (Å²) in [7, 11) is 0. The molecule has 2 nitrogen and oxygen atoms in total. The molecule has 3 saturated carbocycles. The van der Waals surface area contributed by atoms with Gasteiger partial charge in [-0.15, -0.1) is 0 Å². The van der Waals surface area contributed by atoms with E-state index in [4.69, 9.17) is 4.74 Å². The van der Waals surface area contributed by atoms with E-state index in [-0.39, 0.29) is 17.5 Å². The second kappa shape index (κ2) is 4.54. The topological polar surface area (TPSA) is 26.3 Å². The Labute approximate surface area is 110 Å². The molecule has 0 heterocycles. The Bertz CT molecular complexity index is 328. The Morgan fingerprint density at radius 3 is 2.44 bits per heavy atom. The lowest BCUT2D eigenvalue weighted by Gasteiger charge is -2.33. The molecule has 4 atom stereocenters. The quantitative estimate of drug-likeness (QED) is 0.709. The zero-order valence-electron chi connectivity index (χ0n) is 11.8. The molecule has 0 spiro atoms. The maximum Gasteiger partial charge on any atom is 0.310 e. The number of carbonyl (C=O) groups is 1. The van der Waals surface area contributed by atoms with E-state index in [2.05, 4.69) is 13.8 Å². The van der Waals surface area contributed by atoms with Crippen LogP contribution in [0.3, 0.4) is 0 Å². The van der Waals surface area contributed by atoms with Crippen LogP contribution in [0.4, 0.5) is 0 Å². The number of rotatable bonds is 3. The van der Waals surface area contributed by atoms with Crippen molar-refractivity contribution in [2.45, 2.75) is 70.8 Å². The van der Waals surface area contributed by atoms with Crippen molar-refractivity contribution >= 4 is 5.97 Å². The van der Waals surface area contributed by atoms with Crippen LogP contribution in [0.25, 0.3) is 0 Å². The van der Waals surface area contributed by atoms with Gasteiger partial charge in [0.15, 0.2) is 0 Å². The summed E-state index contributed by atoms with van der Waals surface area (Å²) >= 11 is 0. The van der Waals surface area contributed by atoms with Gasteiger partial charge in [-0.3, -0.25) is 4.79 Å². The van der Waals surface area contributed by atoms with E-state index in [9.17, 15) is 4.79 Å². The van der Waals surface area contributed by atoms with E-state index >= 15 is 0 Å². The summed E-state index contributed by atoms with van der Waals surface area (Å²) in [5.41, 5.74) is -0.0986. The minimum atomic E-state index is -0.0986. The van der Waals surface area contributed by atoms with Crippen molar-refractivity contribution in [1.29, 1.82) is 0 Å². The van der Waals surface area contributed by atoms with Crippen LogP contribution in [0.15, 0.2) is 0 Å². The molecule has 3 aliphatic rings. The van der Waals surface area contributed by atoms with Gasteiger partial charge in [0.2, 0.25) is 0 Å². The molecule has 0 amide bonds. The van der Waals surface area contributed by atoms with Crippen molar-refractivity contribution < 1.29 is 9.53 Å². The predicted molar refractivity (Wildman–Crippen MR) is 71.1 cm³/mol. The fourth-order valence-corrected chi connectivity index (χ4v) is 4.81. The van der Waals surface area contributed by atoms with E-state index < -0.39 is 0 Å². The van der Waals surface area contributed by atoms with Crippen LogP contribution < -0.4 is 0 Å². The Balaban J connectivity index is 1.68. The highest BCUT2D eigenvalue weighted by molar-refractivity contribution is 5.74. The van der Waals surface area contributed by atoms with Gasteiger partial charge in [0.05, 0.1) is 5.92 Å². The SMILES string of the molecule is CCC1(OC(=O)C2C3CCC(C3)C2C)CCCC1. The maximum absolute atomic E-state index is 12.5. The highest BCUT2D eigenvalue weighted by Crippen LogP contribution is 2.53. The minimum Gasteiger partial charge on any atom is -0.459 e. The lowest BCUT2D eigenvalue weighted by atomic mass is 9.80. The van der Waals surface area contributed by atoms with Gasteiger partial charge in [-0.1, -0.05) is 13.8 Å². The summed E-state index contributed by atoms with van der Waals surface area (Å²) in [4.78, 5) is 12.5. The van der Waals surface area contributed by atoms with Gasteiger partial charge in [0, 0.05) is 0 Å². The third kappa shape index (κ3) is 1.88. The van der Waals surface area contributed by atoms with Crippen LogP contribution >= 0.6 is 0 Å². The van der Waals surface area contributed by atoms with Crippen LogP contribution in [0.5, 0.6) is 0 Å². The minimum absolute atomic E-state index is 0.0986.